The van der Waals surface area contributed by atoms with Gasteiger partial charge in [-0.1, -0.05) is 26.0 Å². The number of halogens is 1. The predicted molar refractivity (Wildman–Crippen MR) is 74.4 cm³/mol. The van der Waals surface area contributed by atoms with Gasteiger partial charge >= 0.3 is 0 Å². The molecule has 1 heterocycles. The first-order valence-electron chi connectivity index (χ1n) is 5.97. The third-order valence-corrected chi connectivity index (χ3v) is 2.96. The van der Waals surface area contributed by atoms with Gasteiger partial charge in [-0.15, -0.1) is 11.6 Å². The van der Waals surface area contributed by atoms with Gasteiger partial charge < -0.3 is 4.74 Å². The number of nitrogens with zero attached hydrogens (tertiary/aromatic N) is 1. The molecule has 0 aliphatic carbocycles. The summed E-state index contributed by atoms with van der Waals surface area (Å²) in [6.45, 7) is 4.33. The molecule has 0 amide bonds. The van der Waals surface area contributed by atoms with E-state index in [1.807, 2.05) is 24.3 Å². The molecule has 2 nitrogen and oxygen atoms in total. The van der Waals surface area contributed by atoms with Crippen LogP contribution in [0.3, 0.4) is 0 Å². The number of rotatable bonds is 4. The van der Waals surface area contributed by atoms with Gasteiger partial charge in [-0.25, -0.2) is 0 Å². The maximum absolute atomic E-state index is 5.81. The highest BCUT2D eigenvalue weighted by molar-refractivity contribution is 6.16. The molecule has 0 fully saturated rings. The smallest absolute Gasteiger partial charge is 0.130 e. The Hall–Kier alpha value is -1.54. The van der Waals surface area contributed by atoms with Gasteiger partial charge in [0.05, 0.1) is 11.6 Å². The maximum Gasteiger partial charge on any atom is 0.130 e. The molecule has 0 saturated heterocycles. The van der Waals surface area contributed by atoms with Crippen molar-refractivity contribution < 1.29 is 4.74 Å². The molecule has 2 aromatic rings. The Balaban J connectivity index is 2.20. The molecule has 18 heavy (non-hydrogen) atoms. The Morgan fingerprint density at radius 3 is 2.67 bits per heavy atom. The van der Waals surface area contributed by atoms with Crippen LogP contribution in [0.2, 0.25) is 0 Å². The standard InChI is InChI=1S/C15H16ClNO/c1-11(2)12-4-3-5-14(8-12)18-15-6-7-17-13(9-15)10-16/h3-9,11H,10H2,1-2H3. The van der Waals surface area contributed by atoms with E-state index in [1.165, 1.54) is 5.56 Å². The van der Waals surface area contributed by atoms with Crippen LogP contribution in [0.25, 0.3) is 0 Å². The van der Waals surface area contributed by atoms with Crippen LogP contribution in [0.1, 0.15) is 31.0 Å². The molecule has 0 saturated carbocycles. The Morgan fingerprint density at radius 2 is 1.94 bits per heavy atom. The molecule has 94 valence electrons. The normalized spacial score (nSPS) is 10.7. The van der Waals surface area contributed by atoms with Crippen molar-refractivity contribution in [2.75, 3.05) is 0 Å². The molecule has 1 aromatic heterocycles. The van der Waals surface area contributed by atoms with Crippen LogP contribution >= 0.6 is 11.6 Å². The lowest BCUT2D eigenvalue weighted by Crippen LogP contribution is -1.91. The number of hydrogen-bond acceptors (Lipinski definition) is 2. The summed E-state index contributed by atoms with van der Waals surface area (Å²) in [6.07, 6.45) is 1.71. The van der Waals surface area contributed by atoms with Crippen LogP contribution in [0.4, 0.5) is 0 Å². The van der Waals surface area contributed by atoms with Crippen LogP contribution < -0.4 is 4.74 Å². The molecule has 1 aromatic carbocycles. The Labute approximate surface area is 113 Å². The van der Waals surface area contributed by atoms with Crippen molar-refractivity contribution in [2.45, 2.75) is 25.6 Å². The van der Waals surface area contributed by atoms with Crippen molar-refractivity contribution in [3.8, 4) is 11.5 Å². The fourth-order valence-corrected chi connectivity index (χ4v) is 1.81. The zero-order valence-corrected chi connectivity index (χ0v) is 11.3. The Kier molecular flexibility index (Phi) is 4.21. The van der Waals surface area contributed by atoms with E-state index >= 15 is 0 Å². The van der Waals surface area contributed by atoms with Crippen LogP contribution in [0.5, 0.6) is 11.5 Å². The fourth-order valence-electron chi connectivity index (χ4n) is 1.67. The van der Waals surface area contributed by atoms with Gasteiger partial charge in [0, 0.05) is 12.3 Å². The number of benzene rings is 1. The molecule has 0 N–H and O–H groups in total. The minimum absolute atomic E-state index is 0.392. The lowest BCUT2D eigenvalue weighted by molar-refractivity contribution is 0.480. The SMILES string of the molecule is CC(C)c1cccc(Oc2ccnc(CCl)c2)c1. The zero-order chi connectivity index (χ0) is 13.0. The van der Waals surface area contributed by atoms with E-state index in [4.69, 9.17) is 16.3 Å². The van der Waals surface area contributed by atoms with Gasteiger partial charge in [0.15, 0.2) is 0 Å². The summed E-state index contributed by atoms with van der Waals surface area (Å²) in [7, 11) is 0. The summed E-state index contributed by atoms with van der Waals surface area (Å²) in [4.78, 5) is 4.13. The summed E-state index contributed by atoms with van der Waals surface area (Å²) >= 11 is 5.75. The van der Waals surface area contributed by atoms with Gasteiger partial charge in [-0.05, 0) is 29.7 Å². The molecule has 0 unspecified atom stereocenters. The van der Waals surface area contributed by atoms with Crippen molar-refractivity contribution in [3.05, 3.63) is 53.9 Å². The number of alkyl halides is 1. The van der Waals surface area contributed by atoms with E-state index in [1.54, 1.807) is 6.20 Å². The van der Waals surface area contributed by atoms with Crippen LogP contribution in [-0.2, 0) is 5.88 Å². The highest BCUT2D eigenvalue weighted by Crippen LogP contribution is 2.25. The van der Waals surface area contributed by atoms with E-state index < -0.39 is 0 Å². The monoisotopic (exact) mass is 261 g/mol. The van der Waals surface area contributed by atoms with E-state index in [9.17, 15) is 0 Å². The quantitative estimate of drug-likeness (QED) is 0.742. The largest absolute Gasteiger partial charge is 0.457 e. The molecule has 2 rings (SSSR count). The van der Waals surface area contributed by atoms with E-state index in [-0.39, 0.29) is 0 Å². The second-order valence-electron chi connectivity index (χ2n) is 4.45. The van der Waals surface area contributed by atoms with Gasteiger partial charge in [0.2, 0.25) is 0 Å². The summed E-state index contributed by atoms with van der Waals surface area (Å²) in [5.41, 5.74) is 2.08. The van der Waals surface area contributed by atoms with Gasteiger partial charge in [0.25, 0.3) is 0 Å². The van der Waals surface area contributed by atoms with Crippen LogP contribution in [0, 0.1) is 0 Å². The van der Waals surface area contributed by atoms with Gasteiger partial charge in [-0.3, -0.25) is 4.98 Å². The topological polar surface area (TPSA) is 22.1 Å². The first-order valence-corrected chi connectivity index (χ1v) is 6.51. The second kappa shape index (κ2) is 5.87. The molecule has 0 atom stereocenters. The first-order chi connectivity index (χ1) is 8.69. The van der Waals surface area contributed by atoms with Crippen molar-refractivity contribution in [1.82, 2.24) is 4.98 Å². The summed E-state index contributed by atoms with van der Waals surface area (Å²) in [5, 5.41) is 0. The van der Waals surface area contributed by atoms with E-state index in [0.717, 1.165) is 17.2 Å². The van der Waals surface area contributed by atoms with Crippen molar-refractivity contribution in [1.29, 1.82) is 0 Å². The Morgan fingerprint density at radius 1 is 1.17 bits per heavy atom. The number of aromatic nitrogens is 1. The molecule has 3 heteroatoms. The fraction of sp³-hybridized carbons (Fsp3) is 0.267. The van der Waals surface area contributed by atoms with Gasteiger partial charge in [0.1, 0.15) is 11.5 Å². The second-order valence-corrected chi connectivity index (χ2v) is 4.71. The zero-order valence-electron chi connectivity index (χ0n) is 10.6. The third-order valence-electron chi connectivity index (χ3n) is 2.69. The molecule has 0 aliphatic rings. The van der Waals surface area contributed by atoms with Crippen molar-refractivity contribution in [3.63, 3.8) is 0 Å². The van der Waals surface area contributed by atoms with Crippen LogP contribution in [0.15, 0.2) is 42.6 Å². The molecule has 0 spiro atoms. The van der Waals surface area contributed by atoms with E-state index in [2.05, 4.69) is 31.0 Å². The third kappa shape index (κ3) is 3.23. The first kappa shape index (κ1) is 12.9. The molecule has 0 radical (unpaired) electrons. The lowest BCUT2D eigenvalue weighted by Gasteiger charge is -2.10. The summed E-state index contributed by atoms with van der Waals surface area (Å²) in [5.74, 6) is 2.49. The summed E-state index contributed by atoms with van der Waals surface area (Å²) in [6, 6.07) is 11.8. The average Bonchev–Trinajstić information content (AvgIpc) is 2.39. The van der Waals surface area contributed by atoms with E-state index in [0.29, 0.717) is 11.8 Å². The number of ether oxygens (including phenoxy) is 1. The lowest BCUT2D eigenvalue weighted by atomic mass is 10.0. The molecule has 0 bridgehead atoms. The predicted octanol–water partition coefficient (Wildman–Crippen LogP) is 4.74. The minimum Gasteiger partial charge on any atom is -0.457 e. The number of pyridine rings is 1. The number of hydrogen-bond donors (Lipinski definition) is 0. The van der Waals surface area contributed by atoms with Crippen molar-refractivity contribution >= 4 is 11.6 Å². The maximum atomic E-state index is 5.81. The average molecular weight is 262 g/mol. The molecular weight excluding hydrogens is 246 g/mol. The Bertz CT molecular complexity index is 525. The van der Waals surface area contributed by atoms with Crippen molar-refractivity contribution in [2.24, 2.45) is 0 Å². The minimum atomic E-state index is 0.392. The molecule has 0 aliphatic heterocycles. The van der Waals surface area contributed by atoms with Crippen LogP contribution in [-0.4, -0.2) is 4.98 Å². The molecular formula is C15H16ClNO. The summed E-state index contributed by atoms with van der Waals surface area (Å²) < 4.78 is 5.81. The highest BCUT2D eigenvalue weighted by Gasteiger charge is 2.03. The highest BCUT2D eigenvalue weighted by atomic mass is 35.5. The van der Waals surface area contributed by atoms with Gasteiger partial charge in [-0.2, -0.15) is 0 Å².